The zero-order valence-corrected chi connectivity index (χ0v) is 19.2. The Kier molecular flexibility index (Phi) is 7.02. The lowest BCUT2D eigenvalue weighted by atomic mass is 9.90. The number of benzene rings is 1. The fourth-order valence-corrected chi connectivity index (χ4v) is 5.13. The summed E-state index contributed by atoms with van der Waals surface area (Å²) < 4.78 is 5.44. The number of β-amino-alcohol motifs (C(OH)–C–C–N with tert-alkyl or cyclic N) is 1. The van der Waals surface area contributed by atoms with E-state index in [1.165, 1.54) is 0 Å². The first kappa shape index (κ1) is 23.0. The standard InChI is InChI=1S/C24H36N4O4/c1-18-22(30)28(15-14-27(18)23(31)25-19-6-4-3-5-7-19)20(17-32-2)8-12-26-13-11-24(9-10-24)21(29)16-26/h3-7,18,20-21,29H,8-17H2,1-2H3,(H,25,31). The summed E-state index contributed by atoms with van der Waals surface area (Å²) in [5, 5.41) is 13.4. The zero-order valence-electron chi connectivity index (χ0n) is 19.2. The Balaban J connectivity index is 1.32. The van der Waals surface area contributed by atoms with Crippen LogP contribution in [0.4, 0.5) is 10.5 Å². The van der Waals surface area contributed by atoms with Crippen LogP contribution in [0.5, 0.6) is 0 Å². The summed E-state index contributed by atoms with van der Waals surface area (Å²) in [4.78, 5) is 31.7. The van der Waals surface area contributed by atoms with E-state index in [-0.39, 0.29) is 29.5 Å². The van der Waals surface area contributed by atoms with E-state index in [1.54, 1.807) is 18.9 Å². The molecule has 0 radical (unpaired) electrons. The first-order chi connectivity index (χ1) is 15.4. The number of aliphatic hydroxyl groups excluding tert-OH is 1. The molecule has 3 atom stereocenters. The minimum Gasteiger partial charge on any atom is -0.391 e. The molecule has 2 saturated heterocycles. The lowest BCUT2D eigenvalue weighted by Crippen LogP contribution is -2.61. The molecule has 3 unspecified atom stereocenters. The Hall–Kier alpha value is -2.16. The molecule has 1 saturated carbocycles. The van der Waals surface area contributed by atoms with Crippen LogP contribution < -0.4 is 5.32 Å². The van der Waals surface area contributed by atoms with E-state index in [9.17, 15) is 14.7 Å². The predicted molar refractivity (Wildman–Crippen MR) is 122 cm³/mol. The van der Waals surface area contributed by atoms with Crippen molar-refractivity contribution in [3.05, 3.63) is 30.3 Å². The topological polar surface area (TPSA) is 85.3 Å². The van der Waals surface area contributed by atoms with Gasteiger partial charge in [0.05, 0.1) is 18.8 Å². The number of hydrogen-bond acceptors (Lipinski definition) is 5. The highest BCUT2D eigenvalue weighted by atomic mass is 16.5. The Labute approximate surface area is 190 Å². The van der Waals surface area contributed by atoms with E-state index in [2.05, 4.69) is 10.2 Å². The van der Waals surface area contributed by atoms with Gasteiger partial charge in [0.25, 0.3) is 0 Å². The maximum absolute atomic E-state index is 13.2. The molecule has 3 aliphatic rings. The lowest BCUT2D eigenvalue weighted by molar-refractivity contribution is -0.143. The van der Waals surface area contributed by atoms with E-state index >= 15 is 0 Å². The molecule has 176 valence electrons. The number of ether oxygens (including phenoxy) is 1. The highest BCUT2D eigenvalue weighted by molar-refractivity contribution is 5.94. The molecule has 3 fully saturated rings. The van der Waals surface area contributed by atoms with E-state index in [0.29, 0.717) is 25.4 Å². The summed E-state index contributed by atoms with van der Waals surface area (Å²) in [6.45, 7) is 5.79. The van der Waals surface area contributed by atoms with Crippen LogP contribution in [0, 0.1) is 5.41 Å². The second-order valence-corrected chi connectivity index (χ2v) is 9.52. The zero-order chi connectivity index (χ0) is 22.7. The van der Waals surface area contributed by atoms with Gasteiger partial charge in [-0.2, -0.15) is 0 Å². The van der Waals surface area contributed by atoms with Crippen molar-refractivity contribution in [2.45, 2.75) is 50.8 Å². The van der Waals surface area contributed by atoms with Crippen molar-refractivity contribution >= 4 is 17.6 Å². The molecule has 2 aliphatic heterocycles. The van der Waals surface area contributed by atoms with Crippen LogP contribution in [0.2, 0.25) is 0 Å². The van der Waals surface area contributed by atoms with E-state index in [0.717, 1.165) is 45.3 Å². The lowest BCUT2D eigenvalue weighted by Gasteiger charge is -2.43. The van der Waals surface area contributed by atoms with Gasteiger partial charge in [-0.05, 0) is 56.7 Å². The molecule has 2 heterocycles. The number of nitrogens with zero attached hydrogens (tertiary/aromatic N) is 3. The van der Waals surface area contributed by atoms with Gasteiger partial charge in [-0.15, -0.1) is 0 Å². The number of para-hydroxylation sites is 1. The largest absolute Gasteiger partial charge is 0.391 e. The summed E-state index contributed by atoms with van der Waals surface area (Å²) in [6, 6.07) is 8.46. The number of aliphatic hydroxyl groups is 1. The molecule has 0 bridgehead atoms. The number of anilines is 1. The Morgan fingerprint density at radius 1 is 1.22 bits per heavy atom. The van der Waals surface area contributed by atoms with Gasteiger partial charge in [0.15, 0.2) is 0 Å². The fourth-order valence-electron chi connectivity index (χ4n) is 5.13. The predicted octanol–water partition coefficient (Wildman–Crippen LogP) is 2.00. The average Bonchev–Trinajstić information content (AvgIpc) is 3.57. The van der Waals surface area contributed by atoms with Crippen molar-refractivity contribution in [1.82, 2.24) is 14.7 Å². The van der Waals surface area contributed by atoms with Crippen molar-refractivity contribution in [2.24, 2.45) is 5.41 Å². The molecule has 3 amide bonds. The van der Waals surface area contributed by atoms with Crippen molar-refractivity contribution in [3.8, 4) is 0 Å². The number of amides is 3. The van der Waals surface area contributed by atoms with Crippen LogP contribution >= 0.6 is 0 Å². The summed E-state index contributed by atoms with van der Waals surface area (Å²) in [7, 11) is 1.66. The molecule has 1 aromatic carbocycles. The third-order valence-electron chi connectivity index (χ3n) is 7.51. The summed E-state index contributed by atoms with van der Waals surface area (Å²) >= 11 is 0. The molecule has 4 rings (SSSR count). The quantitative estimate of drug-likeness (QED) is 0.672. The van der Waals surface area contributed by atoms with Gasteiger partial charge >= 0.3 is 6.03 Å². The molecule has 1 spiro atoms. The highest BCUT2D eigenvalue weighted by Crippen LogP contribution is 2.53. The molecule has 32 heavy (non-hydrogen) atoms. The molecular formula is C24H36N4O4. The number of urea groups is 1. The summed E-state index contributed by atoms with van der Waals surface area (Å²) in [5.41, 5.74) is 0.915. The van der Waals surface area contributed by atoms with E-state index < -0.39 is 6.04 Å². The Bertz CT molecular complexity index is 800. The number of piperazine rings is 1. The average molecular weight is 445 g/mol. The number of hydrogen-bond donors (Lipinski definition) is 2. The van der Waals surface area contributed by atoms with Gasteiger partial charge in [-0.3, -0.25) is 4.79 Å². The van der Waals surface area contributed by atoms with Gasteiger partial charge in [-0.25, -0.2) is 4.79 Å². The smallest absolute Gasteiger partial charge is 0.322 e. The summed E-state index contributed by atoms with van der Waals surface area (Å²) in [5.74, 6) is -0.0443. The second kappa shape index (κ2) is 9.77. The van der Waals surface area contributed by atoms with Crippen LogP contribution in [-0.4, -0.2) is 96.4 Å². The maximum atomic E-state index is 13.2. The molecule has 1 aromatic rings. The number of carbonyl (C=O) groups is 2. The second-order valence-electron chi connectivity index (χ2n) is 9.52. The van der Waals surface area contributed by atoms with Gasteiger partial charge in [0.1, 0.15) is 6.04 Å². The monoisotopic (exact) mass is 444 g/mol. The first-order valence-corrected chi connectivity index (χ1v) is 11.8. The molecule has 8 nitrogen and oxygen atoms in total. The van der Waals surface area contributed by atoms with Crippen molar-refractivity contribution in [3.63, 3.8) is 0 Å². The minimum atomic E-state index is -0.529. The van der Waals surface area contributed by atoms with Crippen molar-refractivity contribution < 1.29 is 19.4 Å². The van der Waals surface area contributed by atoms with Gasteiger partial charge < -0.3 is 29.9 Å². The van der Waals surface area contributed by atoms with Gasteiger partial charge in [0, 0.05) is 39.0 Å². The van der Waals surface area contributed by atoms with Gasteiger partial charge in [-0.1, -0.05) is 18.2 Å². The number of nitrogens with one attached hydrogen (secondary N) is 1. The SMILES string of the molecule is COCC(CCN1CCC2(CC2)C(O)C1)N1CCN(C(=O)Nc2ccccc2)C(C)C1=O. The minimum absolute atomic E-state index is 0.0387. The maximum Gasteiger partial charge on any atom is 0.322 e. The molecule has 1 aliphatic carbocycles. The first-order valence-electron chi connectivity index (χ1n) is 11.8. The third kappa shape index (κ3) is 4.92. The van der Waals surface area contributed by atoms with Gasteiger partial charge in [0.2, 0.25) is 5.91 Å². The summed E-state index contributed by atoms with van der Waals surface area (Å²) in [6.07, 6.45) is 3.94. The number of likely N-dealkylation sites (tertiary alicyclic amines) is 1. The number of methoxy groups -OCH3 is 1. The van der Waals surface area contributed by atoms with Crippen LogP contribution in [0.3, 0.4) is 0 Å². The normalized spacial score (nSPS) is 26.3. The van der Waals surface area contributed by atoms with Crippen LogP contribution in [0.1, 0.15) is 32.6 Å². The Morgan fingerprint density at radius 2 is 1.97 bits per heavy atom. The molecular weight excluding hydrogens is 408 g/mol. The number of rotatable bonds is 7. The van der Waals surface area contributed by atoms with Crippen LogP contribution in [0.25, 0.3) is 0 Å². The van der Waals surface area contributed by atoms with Crippen LogP contribution in [0.15, 0.2) is 30.3 Å². The molecule has 2 N–H and O–H groups in total. The van der Waals surface area contributed by atoms with Crippen LogP contribution in [-0.2, 0) is 9.53 Å². The number of carbonyl (C=O) groups excluding carboxylic acids is 2. The number of piperidine rings is 1. The fraction of sp³-hybridized carbons (Fsp3) is 0.667. The van der Waals surface area contributed by atoms with E-state index in [1.807, 2.05) is 35.2 Å². The molecule has 8 heteroatoms. The third-order valence-corrected chi connectivity index (χ3v) is 7.51. The highest BCUT2D eigenvalue weighted by Gasteiger charge is 2.51. The Morgan fingerprint density at radius 3 is 2.62 bits per heavy atom. The van der Waals surface area contributed by atoms with E-state index in [4.69, 9.17) is 4.74 Å². The van der Waals surface area contributed by atoms with Crippen molar-refractivity contribution in [2.75, 3.05) is 51.8 Å². The van der Waals surface area contributed by atoms with Crippen molar-refractivity contribution in [1.29, 1.82) is 0 Å². The molecule has 0 aromatic heterocycles.